The van der Waals surface area contributed by atoms with E-state index in [4.69, 9.17) is 0 Å². The Kier molecular flexibility index (Phi) is 4.66. The van der Waals surface area contributed by atoms with Crippen molar-refractivity contribution in [3.8, 4) is 0 Å². The predicted octanol–water partition coefficient (Wildman–Crippen LogP) is 1.37. The second-order valence-corrected chi connectivity index (χ2v) is 6.64. The van der Waals surface area contributed by atoms with Crippen LogP contribution in [0.5, 0.6) is 0 Å². The third kappa shape index (κ3) is 3.70. The average Bonchev–Trinajstić information content (AvgIpc) is 3.07. The lowest BCUT2D eigenvalue weighted by Gasteiger charge is -2.35. The molecule has 21 heavy (non-hydrogen) atoms. The highest BCUT2D eigenvalue weighted by atomic mass is 32.2. The molecule has 0 radical (unpaired) electrons. The molecule has 2 aromatic rings. The number of aromatic nitrogens is 3. The molecule has 0 N–H and O–H groups in total. The van der Waals surface area contributed by atoms with Crippen LogP contribution in [0.25, 0.3) is 0 Å². The molecule has 3 rings (SSSR count). The summed E-state index contributed by atoms with van der Waals surface area (Å²) in [5.41, 5.74) is 0. The van der Waals surface area contributed by atoms with Crippen molar-refractivity contribution in [3.63, 3.8) is 0 Å². The normalized spacial score (nSPS) is 15.2. The summed E-state index contributed by atoms with van der Waals surface area (Å²) in [6.45, 7) is 3.06. The molecule has 8 heteroatoms. The fraction of sp³-hybridized carbons (Fsp3) is 0.385. The molecule has 1 aliphatic rings. The highest BCUT2D eigenvalue weighted by Crippen LogP contribution is 2.21. The van der Waals surface area contributed by atoms with Gasteiger partial charge in [-0.1, -0.05) is 11.8 Å². The lowest BCUT2D eigenvalue weighted by atomic mass is 10.3. The van der Waals surface area contributed by atoms with E-state index in [0.29, 0.717) is 5.75 Å². The average molecular weight is 321 g/mol. The van der Waals surface area contributed by atoms with Gasteiger partial charge >= 0.3 is 0 Å². The first-order valence-electron chi connectivity index (χ1n) is 6.64. The maximum absolute atomic E-state index is 12.2. The van der Waals surface area contributed by atoms with Crippen molar-refractivity contribution in [1.82, 2.24) is 19.9 Å². The van der Waals surface area contributed by atoms with Crippen molar-refractivity contribution in [2.75, 3.05) is 36.8 Å². The third-order valence-electron chi connectivity index (χ3n) is 3.23. The van der Waals surface area contributed by atoms with E-state index in [2.05, 4.69) is 19.9 Å². The summed E-state index contributed by atoms with van der Waals surface area (Å²) < 4.78 is 0.946. The highest BCUT2D eigenvalue weighted by molar-refractivity contribution is 8.01. The molecular formula is C13H15N5OS2. The molecule has 1 fully saturated rings. The number of carbonyl (C=O) groups is 1. The largest absolute Gasteiger partial charge is 0.352 e. The van der Waals surface area contributed by atoms with Crippen molar-refractivity contribution in [3.05, 3.63) is 30.2 Å². The quantitative estimate of drug-likeness (QED) is 0.793. The molecular weight excluding hydrogens is 306 g/mol. The maximum Gasteiger partial charge on any atom is 0.233 e. The first-order chi connectivity index (χ1) is 10.3. The van der Waals surface area contributed by atoms with Crippen LogP contribution < -0.4 is 4.90 Å². The van der Waals surface area contributed by atoms with Gasteiger partial charge in [0, 0.05) is 50.1 Å². The number of thiazole rings is 1. The van der Waals surface area contributed by atoms with Crippen LogP contribution >= 0.6 is 23.1 Å². The lowest BCUT2D eigenvalue weighted by molar-refractivity contribution is -0.128. The Morgan fingerprint density at radius 2 is 2.05 bits per heavy atom. The molecule has 0 bridgehead atoms. The fourth-order valence-corrected chi connectivity index (χ4v) is 3.68. The topological polar surface area (TPSA) is 62.2 Å². The number of carbonyl (C=O) groups excluding carboxylic acids is 1. The first kappa shape index (κ1) is 14.3. The van der Waals surface area contributed by atoms with Crippen LogP contribution in [0.2, 0.25) is 0 Å². The Morgan fingerprint density at radius 1 is 1.19 bits per heavy atom. The van der Waals surface area contributed by atoms with Gasteiger partial charge in [-0.15, -0.1) is 11.3 Å². The van der Waals surface area contributed by atoms with Gasteiger partial charge in [0.05, 0.1) is 11.9 Å². The van der Waals surface area contributed by atoms with Crippen molar-refractivity contribution in [1.29, 1.82) is 0 Å². The van der Waals surface area contributed by atoms with Crippen LogP contribution in [0.15, 0.2) is 34.5 Å². The van der Waals surface area contributed by atoms with Crippen molar-refractivity contribution in [2.24, 2.45) is 0 Å². The maximum atomic E-state index is 12.2. The van der Waals surface area contributed by atoms with Gasteiger partial charge in [-0.25, -0.2) is 9.97 Å². The number of hydrogen-bond donors (Lipinski definition) is 0. The van der Waals surface area contributed by atoms with Gasteiger partial charge in [0.2, 0.25) is 5.91 Å². The van der Waals surface area contributed by atoms with E-state index in [1.807, 2.05) is 10.3 Å². The number of rotatable bonds is 4. The van der Waals surface area contributed by atoms with Crippen molar-refractivity contribution >= 4 is 34.8 Å². The van der Waals surface area contributed by atoms with Crippen LogP contribution in [0, 0.1) is 0 Å². The Hall–Kier alpha value is -1.67. The van der Waals surface area contributed by atoms with Crippen LogP contribution in [0.3, 0.4) is 0 Å². The molecule has 0 atom stereocenters. The number of anilines is 1. The smallest absolute Gasteiger partial charge is 0.233 e. The second-order valence-electron chi connectivity index (χ2n) is 4.52. The molecule has 0 spiro atoms. The van der Waals surface area contributed by atoms with Gasteiger partial charge in [0.15, 0.2) is 0 Å². The Bertz CT molecular complexity index is 570. The zero-order valence-corrected chi connectivity index (χ0v) is 13.0. The molecule has 2 aromatic heterocycles. The monoisotopic (exact) mass is 321 g/mol. The molecule has 1 saturated heterocycles. The molecule has 110 valence electrons. The molecule has 1 amide bonds. The summed E-state index contributed by atoms with van der Waals surface area (Å²) in [6, 6.07) is 0. The SMILES string of the molecule is O=C(CSc1nccs1)N1CCN(c2cnccn2)CC1. The number of hydrogen-bond acceptors (Lipinski definition) is 7. The van der Waals surface area contributed by atoms with E-state index < -0.39 is 0 Å². The zero-order valence-electron chi connectivity index (χ0n) is 11.4. The lowest BCUT2D eigenvalue weighted by Crippen LogP contribution is -2.49. The van der Waals surface area contributed by atoms with E-state index in [9.17, 15) is 4.79 Å². The molecule has 0 aromatic carbocycles. The van der Waals surface area contributed by atoms with E-state index in [1.165, 1.54) is 11.8 Å². The summed E-state index contributed by atoms with van der Waals surface area (Å²) in [7, 11) is 0. The second kappa shape index (κ2) is 6.86. The summed E-state index contributed by atoms with van der Waals surface area (Å²) in [4.78, 5) is 28.8. The number of piperazine rings is 1. The van der Waals surface area contributed by atoms with Gasteiger partial charge < -0.3 is 9.80 Å². The van der Waals surface area contributed by atoms with Crippen LogP contribution in [-0.4, -0.2) is 57.7 Å². The number of nitrogens with zero attached hydrogens (tertiary/aromatic N) is 5. The van der Waals surface area contributed by atoms with Gasteiger partial charge in [-0.2, -0.15) is 0 Å². The molecule has 6 nitrogen and oxygen atoms in total. The van der Waals surface area contributed by atoms with E-state index >= 15 is 0 Å². The van der Waals surface area contributed by atoms with Crippen molar-refractivity contribution in [2.45, 2.75) is 4.34 Å². The minimum atomic E-state index is 0.175. The van der Waals surface area contributed by atoms with E-state index in [0.717, 1.165) is 36.3 Å². The molecule has 1 aliphatic heterocycles. The van der Waals surface area contributed by atoms with Gasteiger partial charge in [0.25, 0.3) is 0 Å². The Morgan fingerprint density at radius 3 is 2.71 bits per heavy atom. The minimum absolute atomic E-state index is 0.175. The summed E-state index contributed by atoms with van der Waals surface area (Å²) in [5.74, 6) is 1.51. The standard InChI is InChI=1S/C13H15N5OS2/c19-12(10-21-13-16-3-8-20-13)18-6-4-17(5-7-18)11-9-14-1-2-15-11/h1-3,8-9H,4-7,10H2. The van der Waals surface area contributed by atoms with Crippen molar-refractivity contribution < 1.29 is 4.79 Å². The van der Waals surface area contributed by atoms with E-state index in [-0.39, 0.29) is 5.91 Å². The van der Waals surface area contributed by atoms with Gasteiger partial charge in [-0.3, -0.25) is 9.78 Å². The van der Waals surface area contributed by atoms with E-state index in [1.54, 1.807) is 36.1 Å². The fourth-order valence-electron chi connectivity index (χ4n) is 2.14. The molecule has 0 unspecified atom stereocenters. The first-order valence-corrected chi connectivity index (χ1v) is 8.50. The van der Waals surface area contributed by atoms with Crippen LogP contribution in [0.1, 0.15) is 0 Å². The predicted molar refractivity (Wildman–Crippen MR) is 83.7 cm³/mol. The summed E-state index contributed by atoms with van der Waals surface area (Å²) >= 11 is 3.07. The summed E-state index contributed by atoms with van der Waals surface area (Å²) in [5, 5.41) is 1.92. The molecule has 3 heterocycles. The molecule has 0 aliphatic carbocycles. The number of thioether (sulfide) groups is 1. The number of amides is 1. The van der Waals surface area contributed by atoms with Crippen LogP contribution in [0.4, 0.5) is 5.82 Å². The van der Waals surface area contributed by atoms with Gasteiger partial charge in [-0.05, 0) is 0 Å². The summed E-state index contributed by atoms with van der Waals surface area (Å²) in [6.07, 6.45) is 6.88. The zero-order chi connectivity index (χ0) is 14.5. The highest BCUT2D eigenvalue weighted by Gasteiger charge is 2.22. The minimum Gasteiger partial charge on any atom is -0.352 e. The third-order valence-corrected chi connectivity index (χ3v) is 5.19. The molecule has 0 saturated carbocycles. The van der Waals surface area contributed by atoms with Gasteiger partial charge in [0.1, 0.15) is 10.2 Å². The Labute approximate surface area is 131 Å². The Balaban J connectivity index is 1.48. The van der Waals surface area contributed by atoms with Crippen LogP contribution in [-0.2, 0) is 4.79 Å².